The monoisotopic (exact) mass is 687 g/mol. The maximum Gasteiger partial charge on any atom is 0.398 e. The number of pyridine rings is 1. The summed E-state index contributed by atoms with van der Waals surface area (Å²) in [6.07, 6.45) is -4.87. The number of aliphatic hydroxyl groups excluding tert-OH is 1. The molecule has 1 aromatic heterocycles. The summed E-state index contributed by atoms with van der Waals surface area (Å²) in [5.74, 6) is -3.31. The minimum absolute atomic E-state index is 0.00696. The van der Waals surface area contributed by atoms with Crippen LogP contribution in [0.1, 0.15) is 55.2 Å². The van der Waals surface area contributed by atoms with E-state index < -0.39 is 57.3 Å². The molecule has 0 radical (unpaired) electrons. The van der Waals surface area contributed by atoms with Gasteiger partial charge < -0.3 is 24.6 Å². The second-order valence-electron chi connectivity index (χ2n) is 11.7. The number of hydrogen-bond acceptors (Lipinski definition) is 7. The van der Waals surface area contributed by atoms with Crippen LogP contribution in [0.4, 0.5) is 17.6 Å². The lowest BCUT2D eigenvalue weighted by Crippen LogP contribution is -2.47. The van der Waals surface area contributed by atoms with Gasteiger partial charge in [-0.2, -0.15) is 13.2 Å². The zero-order valence-corrected chi connectivity index (χ0v) is 27.3. The number of carbonyl (C=O) groups is 1. The van der Waals surface area contributed by atoms with Gasteiger partial charge in [-0.15, -0.1) is 0 Å². The van der Waals surface area contributed by atoms with E-state index in [-0.39, 0.29) is 64.5 Å². The summed E-state index contributed by atoms with van der Waals surface area (Å²) >= 11 is 6.01. The average Bonchev–Trinajstić information content (AvgIpc) is 3.31. The molecule has 1 aliphatic heterocycles. The standard InChI is InChI=1S/C31H34ClF4N3O6S/c1-29(2,3)46(42)39-30(4)16-45-27-19(30)14-23(38-26(27)17-6-8-22(33)21(32)12-17)20(31(34,35)36)15-37-28(41)18-7-9-24(44-11-10-40)25(13-18)43-5/h6-9,12-14,20,39-40H,10-11,15-16H2,1-5H3,(H,37,41). The summed E-state index contributed by atoms with van der Waals surface area (Å²) in [6, 6.07) is 8.90. The van der Waals surface area contributed by atoms with Gasteiger partial charge in [-0.1, -0.05) is 11.6 Å². The van der Waals surface area contributed by atoms with Crippen molar-refractivity contribution in [2.24, 2.45) is 0 Å². The van der Waals surface area contributed by atoms with E-state index in [0.717, 1.165) is 6.07 Å². The highest BCUT2D eigenvalue weighted by molar-refractivity contribution is 7.84. The number of methoxy groups -OCH3 is 1. The fourth-order valence-electron chi connectivity index (χ4n) is 4.63. The predicted octanol–water partition coefficient (Wildman–Crippen LogP) is 5.66. The van der Waals surface area contributed by atoms with Crippen molar-refractivity contribution in [1.82, 2.24) is 15.0 Å². The van der Waals surface area contributed by atoms with Crippen molar-refractivity contribution in [1.29, 1.82) is 0 Å². The first-order chi connectivity index (χ1) is 21.5. The number of hydrogen-bond donors (Lipinski definition) is 3. The third-order valence-electron chi connectivity index (χ3n) is 7.15. The molecule has 9 nitrogen and oxygen atoms in total. The first-order valence-electron chi connectivity index (χ1n) is 14.1. The molecule has 3 aromatic rings. The Hall–Kier alpha value is -3.46. The summed E-state index contributed by atoms with van der Waals surface area (Å²) in [7, 11) is -0.305. The number of halogens is 5. The lowest BCUT2D eigenvalue weighted by molar-refractivity contribution is -0.149. The van der Waals surface area contributed by atoms with Crippen LogP contribution in [0.5, 0.6) is 17.2 Å². The summed E-state index contributed by atoms with van der Waals surface area (Å²) in [4.78, 5) is 17.3. The van der Waals surface area contributed by atoms with Crippen LogP contribution in [0.3, 0.4) is 0 Å². The topological polar surface area (TPSA) is 119 Å². The highest BCUT2D eigenvalue weighted by atomic mass is 35.5. The van der Waals surface area contributed by atoms with Gasteiger partial charge in [0.1, 0.15) is 30.6 Å². The lowest BCUT2D eigenvalue weighted by Gasteiger charge is -2.29. The molecular weight excluding hydrogens is 654 g/mol. The SMILES string of the molecule is COc1cc(C(=O)NCC(c2cc3c(c(-c4ccc(F)c(Cl)c4)n2)OCC3(C)NS(=O)C(C)(C)C)C(F)(F)F)ccc1OCCO. The van der Waals surface area contributed by atoms with Gasteiger partial charge in [0, 0.05) is 23.2 Å². The number of amides is 1. The summed E-state index contributed by atoms with van der Waals surface area (Å²) in [5, 5.41) is 11.1. The normalized spacial score (nSPS) is 17.5. The molecular formula is C31H34ClF4N3O6S. The maximum absolute atomic E-state index is 14.7. The van der Waals surface area contributed by atoms with Crippen molar-refractivity contribution in [3.63, 3.8) is 0 Å². The van der Waals surface area contributed by atoms with E-state index >= 15 is 0 Å². The van der Waals surface area contributed by atoms with Gasteiger partial charge in [0.05, 0.1) is 45.7 Å². The number of aromatic nitrogens is 1. The minimum atomic E-state index is -4.87. The van der Waals surface area contributed by atoms with Crippen LogP contribution >= 0.6 is 11.6 Å². The van der Waals surface area contributed by atoms with E-state index in [1.54, 1.807) is 27.7 Å². The molecule has 0 aliphatic carbocycles. The number of carbonyl (C=O) groups excluding carboxylic acids is 1. The smallest absolute Gasteiger partial charge is 0.398 e. The average molecular weight is 688 g/mol. The van der Waals surface area contributed by atoms with Crippen molar-refractivity contribution < 1.29 is 45.9 Å². The van der Waals surface area contributed by atoms with Crippen molar-refractivity contribution in [3.05, 3.63) is 70.1 Å². The third kappa shape index (κ3) is 7.73. The predicted molar refractivity (Wildman–Crippen MR) is 165 cm³/mol. The maximum atomic E-state index is 14.7. The van der Waals surface area contributed by atoms with Gasteiger partial charge >= 0.3 is 6.18 Å². The van der Waals surface area contributed by atoms with Crippen LogP contribution in [0.25, 0.3) is 11.3 Å². The van der Waals surface area contributed by atoms with Gasteiger partial charge in [-0.3, -0.25) is 4.79 Å². The second-order valence-corrected chi connectivity index (χ2v) is 14.1. The number of aliphatic hydroxyl groups is 1. The number of nitrogens with one attached hydrogen (secondary N) is 2. The molecule has 2 heterocycles. The Morgan fingerprint density at radius 2 is 1.89 bits per heavy atom. The number of ether oxygens (including phenoxy) is 3. The molecule has 4 rings (SSSR count). The van der Waals surface area contributed by atoms with Gasteiger partial charge in [-0.25, -0.2) is 18.3 Å². The van der Waals surface area contributed by atoms with E-state index in [1.165, 1.54) is 43.5 Å². The first-order valence-corrected chi connectivity index (χ1v) is 15.6. The first kappa shape index (κ1) is 35.4. The van der Waals surface area contributed by atoms with Crippen LogP contribution in [0, 0.1) is 5.82 Å². The largest absolute Gasteiger partial charge is 0.493 e. The lowest BCUT2D eigenvalue weighted by atomic mass is 9.91. The Morgan fingerprint density at radius 3 is 2.50 bits per heavy atom. The zero-order chi connectivity index (χ0) is 34.0. The Labute approximate surface area is 271 Å². The number of fused-ring (bicyclic) bond motifs is 1. The Balaban J connectivity index is 1.75. The molecule has 0 saturated carbocycles. The molecule has 1 amide bonds. The highest BCUT2D eigenvalue weighted by Crippen LogP contribution is 2.46. The Kier molecular flexibility index (Phi) is 10.6. The summed E-state index contributed by atoms with van der Waals surface area (Å²) in [6.45, 7) is 5.63. The summed E-state index contributed by atoms with van der Waals surface area (Å²) in [5.41, 5.74) is -1.20. The number of benzene rings is 2. The van der Waals surface area contributed by atoms with Crippen LogP contribution in [-0.2, 0) is 16.5 Å². The van der Waals surface area contributed by atoms with E-state index in [2.05, 4.69) is 15.0 Å². The number of alkyl halides is 3. The molecule has 0 bridgehead atoms. The van der Waals surface area contributed by atoms with Gasteiger partial charge in [0.2, 0.25) is 0 Å². The fourth-order valence-corrected chi connectivity index (χ4v) is 5.70. The van der Waals surface area contributed by atoms with Crippen molar-refractivity contribution in [2.45, 2.75) is 50.1 Å². The minimum Gasteiger partial charge on any atom is -0.493 e. The molecule has 3 unspecified atom stereocenters. The molecule has 15 heteroatoms. The number of nitrogens with zero attached hydrogens (tertiary/aromatic N) is 1. The highest BCUT2D eigenvalue weighted by Gasteiger charge is 2.46. The molecule has 0 fully saturated rings. The zero-order valence-electron chi connectivity index (χ0n) is 25.7. The summed E-state index contributed by atoms with van der Waals surface area (Å²) < 4.78 is 90.0. The molecule has 1 aliphatic rings. The second kappa shape index (κ2) is 13.7. The van der Waals surface area contributed by atoms with Crippen molar-refractivity contribution in [2.75, 3.05) is 33.5 Å². The fraction of sp³-hybridized carbons (Fsp3) is 0.419. The molecule has 46 heavy (non-hydrogen) atoms. The van der Waals surface area contributed by atoms with Crippen LogP contribution in [0.2, 0.25) is 5.02 Å². The molecule has 0 spiro atoms. The Morgan fingerprint density at radius 1 is 1.17 bits per heavy atom. The van der Waals surface area contributed by atoms with Crippen LogP contribution in [0.15, 0.2) is 42.5 Å². The van der Waals surface area contributed by atoms with E-state index in [4.69, 9.17) is 30.9 Å². The Bertz CT molecular complexity index is 1630. The molecule has 3 atom stereocenters. The van der Waals surface area contributed by atoms with Gasteiger partial charge in [0.15, 0.2) is 17.2 Å². The van der Waals surface area contributed by atoms with E-state index in [9.17, 15) is 26.6 Å². The number of rotatable bonds is 11. The molecule has 3 N–H and O–H groups in total. The molecule has 250 valence electrons. The van der Waals surface area contributed by atoms with E-state index in [0.29, 0.717) is 0 Å². The van der Waals surface area contributed by atoms with Gasteiger partial charge in [-0.05, 0) is 70.2 Å². The van der Waals surface area contributed by atoms with Crippen molar-refractivity contribution in [3.8, 4) is 28.5 Å². The van der Waals surface area contributed by atoms with Crippen LogP contribution < -0.4 is 24.2 Å². The molecule has 0 saturated heterocycles. The van der Waals surface area contributed by atoms with Crippen molar-refractivity contribution >= 4 is 28.5 Å². The van der Waals surface area contributed by atoms with E-state index in [1.807, 2.05) is 0 Å². The van der Waals surface area contributed by atoms with Gasteiger partial charge in [0.25, 0.3) is 5.91 Å². The quantitative estimate of drug-likeness (QED) is 0.223. The van der Waals surface area contributed by atoms with Crippen LogP contribution in [-0.4, -0.2) is 64.6 Å². The third-order valence-corrected chi connectivity index (χ3v) is 9.19. The molecule has 2 aromatic carbocycles.